The van der Waals surface area contributed by atoms with E-state index in [1.54, 1.807) is 24.3 Å². The second-order valence-electron chi connectivity index (χ2n) is 5.35. The van der Waals surface area contributed by atoms with Crippen LogP contribution >= 0.6 is 0 Å². The van der Waals surface area contributed by atoms with E-state index in [2.05, 4.69) is 6.07 Å². The summed E-state index contributed by atoms with van der Waals surface area (Å²) < 4.78 is 5.36. The molecule has 0 saturated carbocycles. The summed E-state index contributed by atoms with van der Waals surface area (Å²) in [4.78, 5) is 12.0. The van der Waals surface area contributed by atoms with Crippen molar-refractivity contribution in [3.05, 3.63) is 90.0 Å². The number of hydrogen-bond acceptors (Lipinski definition) is 3. The molecule has 0 aliphatic carbocycles. The van der Waals surface area contributed by atoms with Gasteiger partial charge in [-0.2, -0.15) is 5.26 Å². The summed E-state index contributed by atoms with van der Waals surface area (Å²) in [5.74, 6) is 0.237. The third-order valence-corrected chi connectivity index (χ3v) is 3.62. The van der Waals surface area contributed by atoms with E-state index in [1.165, 1.54) is 0 Å². The van der Waals surface area contributed by atoms with E-state index in [-0.39, 0.29) is 12.4 Å². The quantitative estimate of drug-likeness (QED) is 0.531. The van der Waals surface area contributed by atoms with Gasteiger partial charge < -0.3 is 4.74 Å². The fourth-order valence-electron chi connectivity index (χ4n) is 2.38. The molecule has 0 atom stereocenters. The van der Waals surface area contributed by atoms with E-state index < -0.39 is 0 Å². The van der Waals surface area contributed by atoms with Gasteiger partial charge in [-0.3, -0.25) is 4.79 Å². The van der Waals surface area contributed by atoms with E-state index >= 15 is 0 Å². The van der Waals surface area contributed by atoms with Gasteiger partial charge in [0.05, 0.1) is 18.1 Å². The lowest BCUT2D eigenvalue weighted by molar-refractivity contribution is -0.133. The Balaban J connectivity index is 1.66. The molecule has 0 spiro atoms. The molecular formula is C21H15NO2. The summed E-state index contributed by atoms with van der Waals surface area (Å²) >= 11 is 0. The zero-order chi connectivity index (χ0) is 16.8. The van der Waals surface area contributed by atoms with Crippen molar-refractivity contribution in [3.8, 4) is 22.9 Å². The van der Waals surface area contributed by atoms with Crippen molar-refractivity contribution in [3.63, 3.8) is 0 Å². The molecule has 3 aromatic carbocycles. The number of nitrogens with zero attached hydrogens (tertiary/aromatic N) is 1. The Morgan fingerprint density at radius 1 is 0.833 bits per heavy atom. The highest BCUT2D eigenvalue weighted by Crippen LogP contribution is 2.23. The smallest absolute Gasteiger partial charge is 0.315 e. The van der Waals surface area contributed by atoms with Gasteiger partial charge in [-0.05, 0) is 41.0 Å². The molecule has 0 N–H and O–H groups in total. The average Bonchev–Trinajstić information content (AvgIpc) is 2.63. The third kappa shape index (κ3) is 3.88. The summed E-state index contributed by atoms with van der Waals surface area (Å²) in [5, 5.41) is 8.83. The van der Waals surface area contributed by atoms with Gasteiger partial charge >= 0.3 is 5.97 Å². The largest absolute Gasteiger partial charge is 0.426 e. The van der Waals surface area contributed by atoms with Gasteiger partial charge in [-0.15, -0.1) is 0 Å². The van der Waals surface area contributed by atoms with Crippen molar-refractivity contribution in [1.29, 1.82) is 5.26 Å². The first-order chi connectivity index (χ1) is 11.7. The predicted octanol–water partition coefficient (Wildman–Crippen LogP) is 4.37. The molecule has 0 fully saturated rings. The van der Waals surface area contributed by atoms with Crippen LogP contribution in [0.2, 0.25) is 0 Å². The summed E-state index contributed by atoms with van der Waals surface area (Å²) in [5.41, 5.74) is 3.57. The molecule has 3 aromatic rings. The fraction of sp³-hybridized carbons (Fsp3) is 0.0476. The summed E-state index contributed by atoms with van der Waals surface area (Å²) in [6.07, 6.45) is 0.248. The highest BCUT2D eigenvalue weighted by molar-refractivity contribution is 5.75. The second-order valence-corrected chi connectivity index (χ2v) is 5.35. The topological polar surface area (TPSA) is 50.1 Å². The van der Waals surface area contributed by atoms with Crippen molar-refractivity contribution < 1.29 is 9.53 Å². The highest BCUT2D eigenvalue weighted by Gasteiger charge is 2.06. The van der Waals surface area contributed by atoms with Crippen LogP contribution in [0.1, 0.15) is 11.1 Å². The SMILES string of the molecule is N#Cc1ccc(-c2ccc(OC(=O)Cc3ccccc3)cc2)cc1. The molecule has 0 heterocycles. The molecular weight excluding hydrogens is 298 g/mol. The van der Waals surface area contributed by atoms with Gasteiger partial charge in [-0.1, -0.05) is 54.6 Å². The first kappa shape index (κ1) is 15.5. The molecule has 0 amide bonds. The number of benzene rings is 3. The third-order valence-electron chi connectivity index (χ3n) is 3.62. The maximum atomic E-state index is 12.0. The molecule has 0 saturated heterocycles. The number of carbonyl (C=O) groups excluding carboxylic acids is 1. The van der Waals surface area contributed by atoms with Crippen LogP contribution in [0.15, 0.2) is 78.9 Å². The molecule has 3 rings (SSSR count). The minimum absolute atomic E-state index is 0.248. The Hall–Kier alpha value is -3.38. The number of hydrogen-bond donors (Lipinski definition) is 0. The van der Waals surface area contributed by atoms with Gasteiger partial charge in [0, 0.05) is 0 Å². The van der Waals surface area contributed by atoms with Crippen LogP contribution in [0.3, 0.4) is 0 Å². The van der Waals surface area contributed by atoms with E-state index in [0.29, 0.717) is 11.3 Å². The van der Waals surface area contributed by atoms with Crippen LogP contribution < -0.4 is 4.74 Å². The molecule has 24 heavy (non-hydrogen) atoms. The molecule has 116 valence electrons. The number of ether oxygens (including phenoxy) is 1. The summed E-state index contributed by atoms with van der Waals surface area (Å²) in [7, 11) is 0. The van der Waals surface area contributed by atoms with Crippen LogP contribution in [-0.4, -0.2) is 5.97 Å². The van der Waals surface area contributed by atoms with Gasteiger partial charge in [0.1, 0.15) is 5.75 Å². The maximum absolute atomic E-state index is 12.0. The Morgan fingerprint density at radius 2 is 1.42 bits per heavy atom. The van der Waals surface area contributed by atoms with Gasteiger partial charge in [0.2, 0.25) is 0 Å². The van der Waals surface area contributed by atoms with Crippen LogP contribution in [-0.2, 0) is 11.2 Å². The summed E-state index contributed by atoms with van der Waals surface area (Å²) in [6.45, 7) is 0. The van der Waals surface area contributed by atoms with Crippen molar-refractivity contribution in [1.82, 2.24) is 0 Å². The zero-order valence-electron chi connectivity index (χ0n) is 13.0. The van der Waals surface area contributed by atoms with E-state index in [9.17, 15) is 4.79 Å². The minimum Gasteiger partial charge on any atom is -0.426 e. The molecule has 0 aliphatic heterocycles. The van der Waals surface area contributed by atoms with Gasteiger partial charge in [0.15, 0.2) is 0 Å². The predicted molar refractivity (Wildman–Crippen MR) is 92.4 cm³/mol. The van der Waals surface area contributed by atoms with Crippen molar-refractivity contribution in [2.75, 3.05) is 0 Å². The normalized spacial score (nSPS) is 9.96. The molecule has 0 aliphatic rings. The Labute approximate surface area is 140 Å². The minimum atomic E-state index is -0.285. The lowest BCUT2D eigenvalue weighted by Crippen LogP contribution is -2.11. The van der Waals surface area contributed by atoms with Crippen LogP contribution in [0.25, 0.3) is 11.1 Å². The van der Waals surface area contributed by atoms with Crippen LogP contribution in [0.5, 0.6) is 5.75 Å². The Morgan fingerprint density at radius 3 is 2.00 bits per heavy atom. The lowest BCUT2D eigenvalue weighted by atomic mass is 10.0. The maximum Gasteiger partial charge on any atom is 0.315 e. The van der Waals surface area contributed by atoms with Crippen LogP contribution in [0, 0.1) is 11.3 Å². The first-order valence-corrected chi connectivity index (χ1v) is 7.60. The molecule has 3 heteroatoms. The molecule has 3 nitrogen and oxygen atoms in total. The highest BCUT2D eigenvalue weighted by atomic mass is 16.5. The molecule has 0 bridgehead atoms. The van der Waals surface area contributed by atoms with Crippen molar-refractivity contribution in [2.45, 2.75) is 6.42 Å². The van der Waals surface area contributed by atoms with E-state index in [4.69, 9.17) is 10.00 Å². The number of esters is 1. The number of carbonyl (C=O) groups is 1. The monoisotopic (exact) mass is 313 g/mol. The second kappa shape index (κ2) is 7.26. The number of nitriles is 1. The Bertz CT molecular complexity index is 860. The van der Waals surface area contributed by atoms with Crippen LogP contribution in [0.4, 0.5) is 0 Å². The van der Waals surface area contributed by atoms with Crippen molar-refractivity contribution >= 4 is 5.97 Å². The van der Waals surface area contributed by atoms with Gasteiger partial charge in [0.25, 0.3) is 0 Å². The molecule has 0 radical (unpaired) electrons. The summed E-state index contributed by atoms with van der Waals surface area (Å²) in [6, 6.07) is 26.3. The Kier molecular flexibility index (Phi) is 4.69. The standard InChI is InChI=1S/C21H15NO2/c22-15-17-6-8-18(9-7-17)19-10-12-20(13-11-19)24-21(23)14-16-4-2-1-3-5-16/h1-13H,14H2. The molecule has 0 unspecified atom stereocenters. The lowest BCUT2D eigenvalue weighted by Gasteiger charge is -2.06. The van der Waals surface area contributed by atoms with Crippen molar-refractivity contribution in [2.24, 2.45) is 0 Å². The molecule has 0 aromatic heterocycles. The number of rotatable bonds is 4. The van der Waals surface area contributed by atoms with E-state index in [0.717, 1.165) is 16.7 Å². The fourth-order valence-corrected chi connectivity index (χ4v) is 2.38. The van der Waals surface area contributed by atoms with E-state index in [1.807, 2.05) is 54.6 Å². The average molecular weight is 313 g/mol. The first-order valence-electron chi connectivity index (χ1n) is 7.60. The van der Waals surface area contributed by atoms with Gasteiger partial charge in [-0.25, -0.2) is 0 Å². The zero-order valence-corrected chi connectivity index (χ0v) is 13.0.